The molecular formula is C58H51BN2O2. The number of anilines is 3. The summed E-state index contributed by atoms with van der Waals surface area (Å²) < 4.78 is 17.3. The molecule has 3 aromatic heterocycles. The smallest absolute Gasteiger partial charge is 0.376 e. The van der Waals surface area contributed by atoms with E-state index in [-0.39, 0.29) is 28.5 Å². The molecular weight excluding hydrogens is 767 g/mol. The van der Waals surface area contributed by atoms with Gasteiger partial charge >= 0.3 is 6.85 Å². The zero-order valence-corrected chi connectivity index (χ0v) is 37.6. The first-order valence-electron chi connectivity index (χ1n) is 23.2. The van der Waals surface area contributed by atoms with Crippen molar-refractivity contribution in [2.75, 3.05) is 4.90 Å². The predicted molar refractivity (Wildman–Crippen MR) is 265 cm³/mol. The Kier molecular flexibility index (Phi) is 6.62. The maximum absolute atomic E-state index is 7.65. The van der Waals surface area contributed by atoms with Crippen LogP contribution in [0.2, 0.25) is 0 Å². The van der Waals surface area contributed by atoms with Crippen molar-refractivity contribution in [3.63, 3.8) is 0 Å². The van der Waals surface area contributed by atoms with Gasteiger partial charge < -0.3 is 18.2 Å². The van der Waals surface area contributed by atoms with Crippen molar-refractivity contribution >= 4 is 101 Å². The molecule has 308 valence electrons. The standard InChI is InChI=1S/C58H51BN2O2/c1-55(2)22-23-56(3,4)41-28-34(20-21-40(41)55)60-45-31-48-49(36-16-11-12-19-46(36)62-48)50-37-18-13-17-35-38-26-32-14-9-10-15-33(32)27-44(38)61(52(35)37)59(51(45)50)54-53(60)39-29-42-43(30-47(39)63-54)58(7,8)25-24-57(42,5)6/h9-21,26-31H,22-25H2,1-8H3. The number of nitrogens with zero attached hydrogens (tertiary/aromatic N) is 2. The number of furan rings is 2. The third kappa shape index (κ3) is 4.53. The molecule has 0 fully saturated rings. The van der Waals surface area contributed by atoms with Crippen molar-refractivity contribution < 1.29 is 8.83 Å². The highest BCUT2D eigenvalue weighted by Gasteiger charge is 2.49. The molecule has 0 spiro atoms. The van der Waals surface area contributed by atoms with Crippen LogP contribution in [0, 0.1) is 0 Å². The third-order valence-electron chi connectivity index (χ3n) is 16.6. The first kappa shape index (κ1) is 36.3. The van der Waals surface area contributed by atoms with E-state index >= 15 is 0 Å². The molecule has 0 unspecified atom stereocenters. The lowest BCUT2D eigenvalue weighted by molar-refractivity contribution is 0.332. The normalized spacial score (nSPS) is 18.7. The number of hydrogen-bond acceptors (Lipinski definition) is 3. The van der Waals surface area contributed by atoms with E-state index in [0.717, 1.165) is 58.4 Å². The fraction of sp³-hybridized carbons (Fsp3) is 0.276. The Labute approximate surface area is 368 Å². The molecule has 14 rings (SSSR count). The van der Waals surface area contributed by atoms with E-state index in [2.05, 4.69) is 180 Å². The highest BCUT2D eigenvalue weighted by Crippen LogP contribution is 2.55. The van der Waals surface area contributed by atoms with Crippen LogP contribution in [0.15, 0.2) is 124 Å². The number of rotatable bonds is 1. The first-order valence-corrected chi connectivity index (χ1v) is 23.2. The van der Waals surface area contributed by atoms with Crippen molar-refractivity contribution in [3.8, 4) is 11.1 Å². The van der Waals surface area contributed by atoms with Gasteiger partial charge in [0.25, 0.3) is 0 Å². The summed E-state index contributed by atoms with van der Waals surface area (Å²) in [5, 5.41) is 8.54. The molecule has 4 aliphatic rings. The fourth-order valence-electron chi connectivity index (χ4n) is 12.9. The summed E-state index contributed by atoms with van der Waals surface area (Å²) in [6.45, 7) is 19.2. The van der Waals surface area contributed by atoms with E-state index in [1.165, 1.54) is 94.3 Å². The maximum Gasteiger partial charge on any atom is 0.376 e. The Bertz CT molecular complexity index is 3720. The van der Waals surface area contributed by atoms with Crippen LogP contribution in [-0.2, 0) is 21.7 Å². The summed E-state index contributed by atoms with van der Waals surface area (Å²) in [6.07, 6.45) is 4.62. The van der Waals surface area contributed by atoms with Crippen LogP contribution in [0.4, 0.5) is 17.1 Å². The van der Waals surface area contributed by atoms with Crippen LogP contribution < -0.4 is 16.0 Å². The van der Waals surface area contributed by atoms with Crippen LogP contribution in [-0.4, -0.2) is 11.3 Å². The van der Waals surface area contributed by atoms with Gasteiger partial charge in [0.15, 0.2) is 0 Å². The zero-order valence-electron chi connectivity index (χ0n) is 37.6. The molecule has 0 saturated carbocycles. The average Bonchev–Trinajstić information content (AvgIpc) is 3.94. The Balaban J connectivity index is 1.19. The van der Waals surface area contributed by atoms with Crippen LogP contribution in [0.1, 0.15) is 103 Å². The van der Waals surface area contributed by atoms with Gasteiger partial charge in [0.2, 0.25) is 0 Å². The van der Waals surface area contributed by atoms with Gasteiger partial charge in [-0.15, -0.1) is 0 Å². The molecule has 5 heteroatoms. The number of aromatic nitrogens is 1. The maximum atomic E-state index is 7.65. The largest absolute Gasteiger partial charge is 0.466 e. The molecule has 0 amide bonds. The van der Waals surface area contributed by atoms with Crippen molar-refractivity contribution in [2.45, 2.75) is 103 Å². The Morgan fingerprint density at radius 3 is 1.92 bits per heavy atom. The molecule has 4 nitrogen and oxygen atoms in total. The summed E-state index contributed by atoms with van der Waals surface area (Å²) in [4.78, 5) is 2.58. The van der Waals surface area contributed by atoms with Gasteiger partial charge in [-0.1, -0.05) is 122 Å². The summed E-state index contributed by atoms with van der Waals surface area (Å²) in [5.74, 6) is 0. The zero-order chi connectivity index (χ0) is 42.7. The van der Waals surface area contributed by atoms with E-state index in [1.807, 2.05) is 0 Å². The van der Waals surface area contributed by atoms with Crippen LogP contribution in [0.3, 0.4) is 0 Å². The molecule has 2 aliphatic heterocycles. The molecule has 0 atom stereocenters. The summed E-state index contributed by atoms with van der Waals surface area (Å²) in [6, 6.07) is 43.9. The summed E-state index contributed by atoms with van der Waals surface area (Å²) in [5.41, 5.74) is 19.5. The molecule has 2 aliphatic carbocycles. The number of hydrogen-bond donors (Lipinski definition) is 0. The molecule has 0 bridgehead atoms. The lowest BCUT2D eigenvalue weighted by atomic mass is 9.47. The van der Waals surface area contributed by atoms with E-state index in [0.29, 0.717) is 0 Å². The molecule has 10 aromatic rings. The van der Waals surface area contributed by atoms with Gasteiger partial charge in [0.05, 0.1) is 5.69 Å². The van der Waals surface area contributed by atoms with Crippen LogP contribution >= 0.6 is 0 Å². The lowest BCUT2D eigenvalue weighted by Gasteiger charge is -2.43. The second-order valence-electron chi connectivity index (χ2n) is 22.2. The molecule has 0 saturated heterocycles. The fourth-order valence-corrected chi connectivity index (χ4v) is 12.9. The summed E-state index contributed by atoms with van der Waals surface area (Å²) >= 11 is 0. The van der Waals surface area contributed by atoms with Gasteiger partial charge in [0, 0.05) is 61.0 Å². The molecule has 63 heavy (non-hydrogen) atoms. The number of fused-ring (bicyclic) bond motifs is 16. The van der Waals surface area contributed by atoms with Gasteiger partial charge in [-0.3, -0.25) is 0 Å². The van der Waals surface area contributed by atoms with Gasteiger partial charge in [-0.2, -0.15) is 0 Å². The predicted octanol–water partition coefficient (Wildman–Crippen LogP) is 14.7. The number of para-hydroxylation sites is 2. The van der Waals surface area contributed by atoms with Gasteiger partial charge in [-0.25, -0.2) is 0 Å². The van der Waals surface area contributed by atoms with Crippen LogP contribution in [0.25, 0.3) is 76.6 Å². The minimum atomic E-state index is -0.228. The van der Waals surface area contributed by atoms with Gasteiger partial charge in [-0.05, 0) is 134 Å². The van der Waals surface area contributed by atoms with E-state index in [9.17, 15) is 0 Å². The third-order valence-corrected chi connectivity index (χ3v) is 16.6. The monoisotopic (exact) mass is 818 g/mol. The Morgan fingerprint density at radius 1 is 0.508 bits per heavy atom. The van der Waals surface area contributed by atoms with E-state index < -0.39 is 0 Å². The number of benzene rings is 7. The van der Waals surface area contributed by atoms with E-state index in [4.69, 9.17) is 8.83 Å². The van der Waals surface area contributed by atoms with Crippen molar-refractivity contribution in [1.29, 1.82) is 0 Å². The lowest BCUT2D eigenvalue weighted by Crippen LogP contribution is -2.56. The highest BCUT2D eigenvalue weighted by molar-refractivity contribution is 6.90. The quantitative estimate of drug-likeness (QED) is 0.155. The van der Waals surface area contributed by atoms with Crippen molar-refractivity contribution in [2.24, 2.45) is 0 Å². The Hall–Kier alpha value is -6.20. The topological polar surface area (TPSA) is 34.5 Å². The second kappa shape index (κ2) is 11.5. The minimum Gasteiger partial charge on any atom is -0.466 e. The SMILES string of the molecule is CC1(C)CCC(C)(C)c2cc(N3c4cc5oc6ccccc6c5c5c4B(c4oc6cc7c(cc6c43)C(C)(C)CCC7(C)C)n3c4cc6ccccc6cc4c4cccc-5c43)ccc21. The van der Waals surface area contributed by atoms with Gasteiger partial charge in [0.1, 0.15) is 22.4 Å². The molecule has 0 radical (unpaired) electrons. The van der Waals surface area contributed by atoms with Crippen LogP contribution in [0.5, 0.6) is 0 Å². The molecule has 0 N–H and O–H groups in total. The molecule has 7 aromatic carbocycles. The minimum absolute atomic E-state index is 0.0310. The molecule has 5 heterocycles. The van der Waals surface area contributed by atoms with Crippen molar-refractivity contribution in [3.05, 3.63) is 138 Å². The van der Waals surface area contributed by atoms with Crippen molar-refractivity contribution in [1.82, 2.24) is 4.48 Å². The highest BCUT2D eigenvalue weighted by atomic mass is 16.3. The second-order valence-corrected chi connectivity index (χ2v) is 22.2. The summed E-state index contributed by atoms with van der Waals surface area (Å²) in [7, 11) is 0. The average molecular weight is 819 g/mol. The Morgan fingerprint density at radius 2 is 1.16 bits per heavy atom. The first-order chi connectivity index (χ1) is 30.2. The van der Waals surface area contributed by atoms with E-state index in [1.54, 1.807) is 0 Å².